The second-order valence-corrected chi connectivity index (χ2v) is 16.0. The maximum atomic E-state index is 13.7. The lowest BCUT2D eigenvalue weighted by atomic mass is 9.93. The molecular weight excluding hydrogens is 859 g/mol. The molecule has 4 aromatic rings. The zero-order chi connectivity index (χ0) is 43.9. The molecule has 320 valence electrons. The van der Waals surface area contributed by atoms with E-state index in [4.69, 9.17) is 26.1 Å². The first-order valence-electron chi connectivity index (χ1n) is 19.0. The lowest BCUT2D eigenvalue weighted by Crippen LogP contribution is -2.51. The number of thiocarbonyl (C=S) groups is 1. The van der Waals surface area contributed by atoms with Gasteiger partial charge in [0.05, 0.1) is 23.5 Å². The molecule has 0 spiro atoms. The molecule has 0 bridgehead atoms. The molecule has 3 heterocycles. The maximum absolute atomic E-state index is 13.7. The summed E-state index contributed by atoms with van der Waals surface area (Å²) in [6.45, 7) is 1.58. The van der Waals surface area contributed by atoms with E-state index in [1.165, 1.54) is 43.1 Å². The third-order valence-electron chi connectivity index (χ3n) is 10.4. The number of phenolic OH excluding ortho intramolecular Hbond substituents is 1. The van der Waals surface area contributed by atoms with Crippen LogP contribution in [0.25, 0.3) is 33.4 Å². The number of amidine groups is 1. The number of aliphatic imine (C=N–C) groups is 1. The molecule has 3 aliphatic heterocycles. The van der Waals surface area contributed by atoms with E-state index in [1.807, 2.05) is 34.1 Å². The van der Waals surface area contributed by atoms with E-state index in [2.05, 4.69) is 10.3 Å². The number of phenols is 1. The summed E-state index contributed by atoms with van der Waals surface area (Å²) in [5.41, 5.74) is 0.835. The van der Waals surface area contributed by atoms with Gasteiger partial charge < -0.3 is 34.1 Å². The number of hydrogen-bond acceptors (Lipinski definition) is 9. The molecule has 0 aromatic heterocycles. The molecule has 1 fully saturated rings. The van der Waals surface area contributed by atoms with Crippen LogP contribution in [-0.4, -0.2) is 69.6 Å². The van der Waals surface area contributed by atoms with E-state index in [0.29, 0.717) is 59.4 Å². The van der Waals surface area contributed by atoms with Crippen LogP contribution in [0.2, 0.25) is 0 Å². The summed E-state index contributed by atoms with van der Waals surface area (Å²) in [4.78, 5) is 33.5. The molecule has 1 atom stereocenters. The average Bonchev–Trinajstić information content (AvgIpc) is 3.60. The molecule has 0 radical (unpaired) electrons. The number of fused-ring (bicyclic) bond motifs is 2. The fourth-order valence-corrected chi connectivity index (χ4v) is 8.77. The number of ether oxygens (including phenoxy) is 2. The van der Waals surface area contributed by atoms with Crippen molar-refractivity contribution in [3.8, 4) is 39.7 Å². The number of amides is 1. The van der Waals surface area contributed by atoms with E-state index in [9.17, 15) is 41.0 Å². The maximum Gasteiger partial charge on any atom is 0.416 e. The normalized spacial score (nSPS) is 15.9. The predicted molar refractivity (Wildman–Crippen MR) is 227 cm³/mol. The van der Waals surface area contributed by atoms with Gasteiger partial charge >= 0.3 is 12.4 Å². The van der Waals surface area contributed by atoms with Gasteiger partial charge in [-0.3, -0.25) is 9.59 Å². The Morgan fingerprint density at radius 2 is 1.65 bits per heavy atom. The summed E-state index contributed by atoms with van der Waals surface area (Å²) in [5, 5.41) is 14.7. The number of aromatic hydroxyl groups is 1. The number of hydrogen-bond donors (Lipinski definition) is 2. The van der Waals surface area contributed by atoms with Gasteiger partial charge in [0.25, 0.3) is 5.91 Å². The van der Waals surface area contributed by atoms with Crippen LogP contribution in [0.3, 0.4) is 0 Å². The Labute approximate surface area is 359 Å². The fraction of sp³-hybridized carbons (Fsp3) is 0.227. The van der Waals surface area contributed by atoms with Crippen molar-refractivity contribution in [1.82, 2.24) is 9.80 Å². The first-order valence-corrected chi connectivity index (χ1v) is 20.3. The van der Waals surface area contributed by atoms with Gasteiger partial charge in [-0.05, 0) is 90.4 Å². The van der Waals surface area contributed by atoms with Gasteiger partial charge in [0.15, 0.2) is 27.2 Å². The second-order valence-electron chi connectivity index (χ2n) is 14.5. The molecule has 10 nitrogen and oxygen atoms in total. The molecule has 0 saturated carbocycles. The molecule has 62 heavy (non-hydrogen) atoms. The SMILES string of the molecule is COc1cc(CC2SC(N3CCN(C(=S)Nc4ccc(-c5c6ccc(=O)cc-6oc6cc(O)ccc56)cc4)CC3)=NC2=O)ccc1OCc1ccc(C(F)(F)F)cc1C(F)(F)F. The average molecular weight is 893 g/mol. The molecular formula is C44H34F6N4O6S2. The van der Waals surface area contributed by atoms with Crippen molar-refractivity contribution < 1.29 is 50.1 Å². The van der Waals surface area contributed by atoms with Crippen LogP contribution in [0.1, 0.15) is 22.3 Å². The Morgan fingerprint density at radius 3 is 2.35 bits per heavy atom. The Bertz CT molecular complexity index is 2750. The van der Waals surface area contributed by atoms with Gasteiger partial charge in [0.2, 0.25) is 0 Å². The number of benzene rings is 5. The van der Waals surface area contributed by atoms with Crippen molar-refractivity contribution >= 4 is 56.8 Å². The van der Waals surface area contributed by atoms with E-state index >= 15 is 0 Å². The van der Waals surface area contributed by atoms with Gasteiger partial charge in [0.1, 0.15) is 23.7 Å². The number of piperazine rings is 1. The largest absolute Gasteiger partial charge is 0.508 e. The smallest absolute Gasteiger partial charge is 0.416 e. The van der Waals surface area contributed by atoms with Crippen LogP contribution >= 0.6 is 24.0 Å². The van der Waals surface area contributed by atoms with Crippen molar-refractivity contribution in [3.63, 3.8) is 0 Å². The number of carbonyl (C=O) groups is 1. The van der Waals surface area contributed by atoms with Gasteiger partial charge in [-0.25, -0.2) is 0 Å². The fourth-order valence-electron chi connectivity index (χ4n) is 7.31. The Hall–Kier alpha value is -6.27. The standard InChI is InChI=1S/C44H34F6N4O6S2/c1-58-37-18-24(2-13-34(37)59-23-26-3-6-27(43(45,46)47)20-33(26)44(48,49)50)19-38-40(57)52-42(62-38)54-16-14-53(15-17-54)41(61)51-28-7-4-25(5-8-28)39-31-11-9-29(55)21-35(31)60-36-22-30(56)10-12-32(36)39/h2-13,18,20-22,38,55H,14-17,19,23H2,1H3,(H,51,61). The summed E-state index contributed by atoms with van der Waals surface area (Å²) in [6.07, 6.45) is -9.71. The predicted octanol–water partition coefficient (Wildman–Crippen LogP) is 9.45. The number of alkyl halides is 6. The van der Waals surface area contributed by atoms with E-state index in [0.717, 1.165) is 33.8 Å². The zero-order valence-corrected chi connectivity index (χ0v) is 34.1. The highest BCUT2D eigenvalue weighted by molar-refractivity contribution is 8.15. The van der Waals surface area contributed by atoms with E-state index in [1.54, 1.807) is 30.3 Å². The van der Waals surface area contributed by atoms with E-state index < -0.39 is 40.9 Å². The molecule has 1 aliphatic carbocycles. The van der Waals surface area contributed by atoms with Crippen LogP contribution in [0.5, 0.6) is 17.2 Å². The first-order chi connectivity index (χ1) is 29.5. The summed E-state index contributed by atoms with van der Waals surface area (Å²) in [6, 6.07) is 23.3. The lowest BCUT2D eigenvalue weighted by Gasteiger charge is -2.36. The Morgan fingerprint density at radius 1 is 0.887 bits per heavy atom. The monoisotopic (exact) mass is 892 g/mol. The number of methoxy groups -OCH3 is 1. The highest BCUT2D eigenvalue weighted by atomic mass is 32.2. The van der Waals surface area contributed by atoms with Crippen LogP contribution < -0.4 is 20.2 Å². The van der Waals surface area contributed by atoms with Crippen molar-refractivity contribution in [2.45, 2.75) is 30.6 Å². The van der Waals surface area contributed by atoms with Crippen molar-refractivity contribution in [3.05, 3.63) is 130 Å². The molecule has 4 aliphatic rings. The Balaban J connectivity index is 0.854. The molecule has 1 saturated heterocycles. The molecule has 4 aromatic carbocycles. The number of rotatable bonds is 8. The number of nitrogens with zero attached hydrogens (tertiary/aromatic N) is 3. The number of halogens is 6. The lowest BCUT2D eigenvalue weighted by molar-refractivity contribution is -0.143. The molecule has 1 unspecified atom stereocenters. The number of carbonyl (C=O) groups excluding carboxylic acids is 1. The second kappa shape index (κ2) is 16.9. The molecule has 8 rings (SSSR count). The van der Waals surface area contributed by atoms with E-state index in [-0.39, 0.29) is 41.1 Å². The summed E-state index contributed by atoms with van der Waals surface area (Å²) in [7, 11) is 1.34. The topological polar surface area (TPSA) is 117 Å². The van der Waals surface area contributed by atoms with Crippen molar-refractivity contribution in [2.75, 3.05) is 38.6 Å². The van der Waals surface area contributed by atoms with Crippen LogP contribution in [-0.2, 0) is 30.2 Å². The van der Waals surface area contributed by atoms with Gasteiger partial charge in [-0.1, -0.05) is 36.0 Å². The van der Waals surface area contributed by atoms with Gasteiger partial charge in [-0.15, -0.1) is 0 Å². The first kappa shape index (κ1) is 42.4. The minimum atomic E-state index is -5.04. The van der Waals surface area contributed by atoms with Crippen LogP contribution in [0.15, 0.2) is 111 Å². The minimum Gasteiger partial charge on any atom is -0.508 e. The van der Waals surface area contributed by atoms with Crippen LogP contribution in [0, 0.1) is 0 Å². The molecule has 1 amide bonds. The number of thioether (sulfide) groups is 1. The zero-order valence-electron chi connectivity index (χ0n) is 32.5. The summed E-state index contributed by atoms with van der Waals surface area (Å²) >= 11 is 7.10. The minimum absolute atomic E-state index is 0.0438. The van der Waals surface area contributed by atoms with Crippen LogP contribution in [0.4, 0.5) is 32.0 Å². The quantitative estimate of drug-likeness (QED) is 0.0865. The number of anilines is 1. The highest BCUT2D eigenvalue weighted by Crippen LogP contribution is 2.42. The third kappa shape index (κ3) is 9.02. The van der Waals surface area contributed by atoms with Crippen molar-refractivity contribution in [1.29, 1.82) is 0 Å². The van der Waals surface area contributed by atoms with Gasteiger partial charge in [0, 0.05) is 66.1 Å². The van der Waals surface area contributed by atoms with Crippen molar-refractivity contribution in [2.24, 2.45) is 4.99 Å². The Kier molecular flexibility index (Phi) is 11.6. The molecule has 18 heteroatoms. The number of nitrogens with one attached hydrogen (secondary N) is 1. The third-order valence-corrected chi connectivity index (χ3v) is 12.0. The molecule has 2 N–H and O–H groups in total. The summed E-state index contributed by atoms with van der Waals surface area (Å²) in [5.74, 6) is 0.387. The highest BCUT2D eigenvalue weighted by Gasteiger charge is 2.38. The summed E-state index contributed by atoms with van der Waals surface area (Å²) < 4.78 is 97.2. The van der Waals surface area contributed by atoms with Gasteiger partial charge in [-0.2, -0.15) is 31.3 Å².